The first-order valence-electron chi connectivity index (χ1n) is 5.97. The zero-order valence-corrected chi connectivity index (χ0v) is 11.0. The zero-order valence-electron chi connectivity index (χ0n) is 11.0. The second-order valence-corrected chi connectivity index (χ2v) is 4.02. The molecule has 3 atom stereocenters. The molecular weight excluding hydrogens is 290 g/mol. The molecule has 0 aromatic rings. The van der Waals surface area contributed by atoms with Crippen LogP contribution in [0.25, 0.3) is 0 Å². The Hall–Kier alpha value is -1.79. The SMILES string of the molecule is O=C(O)[C@H](CCO)NC(=O)[C@H](CO)NC(=O)[C@H](CO)NO. The van der Waals surface area contributed by atoms with Gasteiger partial charge in [0.05, 0.1) is 13.2 Å². The summed E-state index contributed by atoms with van der Waals surface area (Å²) in [6.07, 6.45) is -0.245. The van der Waals surface area contributed by atoms with E-state index in [1.165, 1.54) is 5.48 Å². The molecule has 0 saturated heterocycles. The molecule has 11 heteroatoms. The van der Waals surface area contributed by atoms with E-state index in [1.54, 1.807) is 0 Å². The normalized spacial score (nSPS) is 14.9. The summed E-state index contributed by atoms with van der Waals surface area (Å²) in [5.74, 6) is -3.34. The van der Waals surface area contributed by atoms with Gasteiger partial charge in [-0.15, -0.1) is 0 Å². The molecular formula is C10H19N3O8. The topological polar surface area (TPSA) is 188 Å². The Balaban J connectivity index is 4.67. The fourth-order valence-electron chi connectivity index (χ4n) is 1.31. The Morgan fingerprint density at radius 3 is 1.71 bits per heavy atom. The number of hydroxylamine groups is 1. The summed E-state index contributed by atoms with van der Waals surface area (Å²) >= 11 is 0. The lowest BCUT2D eigenvalue weighted by atomic mass is 10.2. The van der Waals surface area contributed by atoms with Crippen LogP contribution in [0.4, 0.5) is 0 Å². The maximum atomic E-state index is 11.7. The van der Waals surface area contributed by atoms with Gasteiger partial charge < -0.3 is 36.3 Å². The standard InChI is InChI=1S/C10H19N3O8/c14-2-1-5(10(19)20)11-8(17)6(3-15)12-9(18)7(4-16)13-21/h5-7,13-16,21H,1-4H2,(H,11,17)(H,12,18)(H,19,20)/t5-,6-,7-/m0/s1. The quantitative estimate of drug-likeness (QED) is 0.185. The highest BCUT2D eigenvalue weighted by Gasteiger charge is 2.27. The predicted molar refractivity (Wildman–Crippen MR) is 66.1 cm³/mol. The molecule has 21 heavy (non-hydrogen) atoms. The highest BCUT2D eigenvalue weighted by atomic mass is 16.5. The summed E-state index contributed by atoms with van der Waals surface area (Å²) in [5.41, 5.74) is 1.50. The Morgan fingerprint density at radius 2 is 1.33 bits per heavy atom. The van der Waals surface area contributed by atoms with Crippen molar-refractivity contribution in [2.45, 2.75) is 24.5 Å². The number of carboxylic acids is 1. The van der Waals surface area contributed by atoms with Crippen LogP contribution >= 0.6 is 0 Å². The number of hydrogen-bond donors (Lipinski definition) is 8. The summed E-state index contributed by atoms with van der Waals surface area (Å²) in [7, 11) is 0. The summed E-state index contributed by atoms with van der Waals surface area (Å²) in [6, 6.07) is -4.25. The van der Waals surface area contributed by atoms with Crippen LogP contribution in [0.1, 0.15) is 6.42 Å². The van der Waals surface area contributed by atoms with Gasteiger partial charge in [-0.2, -0.15) is 5.48 Å². The third kappa shape index (κ3) is 6.46. The average Bonchev–Trinajstić information content (AvgIpc) is 2.45. The molecule has 0 aliphatic heterocycles. The maximum absolute atomic E-state index is 11.7. The lowest BCUT2D eigenvalue weighted by Gasteiger charge is -2.21. The van der Waals surface area contributed by atoms with E-state index in [9.17, 15) is 14.4 Å². The minimum Gasteiger partial charge on any atom is -0.480 e. The van der Waals surface area contributed by atoms with Crippen LogP contribution in [0.2, 0.25) is 0 Å². The summed E-state index contributed by atoms with van der Waals surface area (Å²) in [4.78, 5) is 34.0. The first-order chi connectivity index (χ1) is 9.90. The van der Waals surface area contributed by atoms with Crippen molar-refractivity contribution in [1.82, 2.24) is 16.1 Å². The number of carbonyl (C=O) groups is 3. The van der Waals surface area contributed by atoms with Gasteiger partial charge in [0, 0.05) is 13.0 Å². The van der Waals surface area contributed by atoms with Crippen molar-refractivity contribution in [1.29, 1.82) is 0 Å². The highest BCUT2D eigenvalue weighted by molar-refractivity contribution is 5.91. The van der Waals surface area contributed by atoms with Crippen LogP contribution in [0, 0.1) is 0 Å². The van der Waals surface area contributed by atoms with Gasteiger partial charge in [0.25, 0.3) is 0 Å². The van der Waals surface area contributed by atoms with E-state index in [-0.39, 0.29) is 6.42 Å². The largest absolute Gasteiger partial charge is 0.480 e. The Morgan fingerprint density at radius 1 is 0.857 bits per heavy atom. The van der Waals surface area contributed by atoms with Gasteiger partial charge in [-0.25, -0.2) is 4.79 Å². The van der Waals surface area contributed by atoms with Crippen molar-refractivity contribution in [2.75, 3.05) is 19.8 Å². The van der Waals surface area contributed by atoms with Gasteiger partial charge >= 0.3 is 5.97 Å². The number of aliphatic carboxylic acids is 1. The molecule has 0 bridgehead atoms. The van der Waals surface area contributed by atoms with Gasteiger partial charge in [0.2, 0.25) is 11.8 Å². The maximum Gasteiger partial charge on any atom is 0.326 e. The monoisotopic (exact) mass is 309 g/mol. The smallest absolute Gasteiger partial charge is 0.326 e. The number of aliphatic hydroxyl groups is 3. The van der Waals surface area contributed by atoms with E-state index < -0.39 is 55.7 Å². The number of carboxylic acid groups (broad SMARTS) is 1. The lowest BCUT2D eigenvalue weighted by Crippen LogP contribution is -2.56. The Labute approximate surface area is 119 Å². The molecule has 0 heterocycles. The Kier molecular flexibility index (Phi) is 9.16. The first-order valence-corrected chi connectivity index (χ1v) is 5.97. The van der Waals surface area contributed by atoms with Gasteiger partial charge in [-0.1, -0.05) is 0 Å². The molecule has 0 aliphatic carbocycles. The fourth-order valence-corrected chi connectivity index (χ4v) is 1.31. The third-order valence-electron chi connectivity index (χ3n) is 2.50. The van der Waals surface area contributed by atoms with E-state index in [1.807, 2.05) is 10.6 Å². The minimum absolute atomic E-state index is 0.245. The van der Waals surface area contributed by atoms with E-state index in [0.717, 1.165) is 0 Å². The molecule has 0 aromatic carbocycles. The molecule has 0 radical (unpaired) electrons. The first kappa shape index (κ1) is 19.2. The van der Waals surface area contributed by atoms with Crippen LogP contribution in [0.5, 0.6) is 0 Å². The molecule has 8 N–H and O–H groups in total. The number of rotatable bonds is 10. The molecule has 0 aliphatic rings. The van der Waals surface area contributed by atoms with Crippen LogP contribution in [0.15, 0.2) is 0 Å². The van der Waals surface area contributed by atoms with Gasteiger partial charge in [-0.3, -0.25) is 9.59 Å². The number of nitrogens with one attached hydrogen (secondary N) is 3. The van der Waals surface area contributed by atoms with Crippen LogP contribution in [-0.2, 0) is 14.4 Å². The second kappa shape index (κ2) is 10.0. The molecule has 0 unspecified atom stereocenters. The van der Waals surface area contributed by atoms with Gasteiger partial charge in [-0.05, 0) is 0 Å². The van der Waals surface area contributed by atoms with Crippen molar-refractivity contribution in [3.63, 3.8) is 0 Å². The molecule has 122 valence electrons. The van der Waals surface area contributed by atoms with Crippen molar-refractivity contribution in [3.05, 3.63) is 0 Å². The van der Waals surface area contributed by atoms with Crippen molar-refractivity contribution in [2.24, 2.45) is 0 Å². The molecule has 0 rings (SSSR count). The molecule has 0 fully saturated rings. The van der Waals surface area contributed by atoms with Crippen LogP contribution in [0.3, 0.4) is 0 Å². The van der Waals surface area contributed by atoms with Crippen LogP contribution < -0.4 is 16.1 Å². The lowest BCUT2D eigenvalue weighted by molar-refractivity contribution is -0.143. The molecule has 2 amide bonds. The van der Waals surface area contributed by atoms with Crippen molar-refractivity contribution >= 4 is 17.8 Å². The number of amides is 2. The van der Waals surface area contributed by atoms with E-state index in [0.29, 0.717) is 0 Å². The summed E-state index contributed by atoms with van der Waals surface area (Å²) in [6.45, 7) is -2.06. The number of hydrogen-bond acceptors (Lipinski definition) is 8. The molecule has 0 spiro atoms. The third-order valence-corrected chi connectivity index (χ3v) is 2.50. The van der Waals surface area contributed by atoms with E-state index in [2.05, 4.69) is 0 Å². The average molecular weight is 309 g/mol. The van der Waals surface area contributed by atoms with Crippen molar-refractivity contribution in [3.8, 4) is 0 Å². The Bertz CT molecular complexity index is 360. The van der Waals surface area contributed by atoms with Gasteiger partial charge in [0.15, 0.2) is 0 Å². The van der Waals surface area contributed by atoms with E-state index in [4.69, 9.17) is 25.6 Å². The summed E-state index contributed by atoms with van der Waals surface area (Å²) < 4.78 is 0. The minimum atomic E-state index is -1.47. The van der Waals surface area contributed by atoms with E-state index >= 15 is 0 Å². The summed E-state index contributed by atoms with van der Waals surface area (Å²) in [5, 5.41) is 47.9. The molecule has 11 nitrogen and oxygen atoms in total. The zero-order chi connectivity index (χ0) is 16.4. The predicted octanol–water partition coefficient (Wildman–Crippen LogP) is -4.24. The van der Waals surface area contributed by atoms with Gasteiger partial charge in [0.1, 0.15) is 18.1 Å². The number of aliphatic hydroxyl groups excluding tert-OH is 3. The van der Waals surface area contributed by atoms with Crippen molar-refractivity contribution < 1.29 is 40.0 Å². The number of carbonyl (C=O) groups excluding carboxylic acids is 2. The fraction of sp³-hybridized carbons (Fsp3) is 0.700. The second-order valence-electron chi connectivity index (χ2n) is 4.02. The molecule has 0 saturated carbocycles. The highest BCUT2D eigenvalue weighted by Crippen LogP contribution is 1.94. The molecule has 0 aromatic heterocycles. The van der Waals surface area contributed by atoms with Crippen LogP contribution in [-0.4, -0.2) is 81.4 Å².